The largest absolute Gasteiger partial charge is 0.508 e. The number of fused-ring (bicyclic) bond motifs is 3. The number of aliphatic imine (C=N–C) groups is 1. The number of carbonyl (C=O) groups excluding carboxylic acids is 1. The molecule has 4 aromatic rings. The van der Waals surface area contributed by atoms with Crippen molar-refractivity contribution in [1.29, 1.82) is 0 Å². The van der Waals surface area contributed by atoms with Crippen molar-refractivity contribution in [2.45, 2.75) is 25.9 Å². The van der Waals surface area contributed by atoms with E-state index in [4.69, 9.17) is 9.98 Å². The Balaban J connectivity index is 1.44. The van der Waals surface area contributed by atoms with E-state index in [0.717, 1.165) is 23.4 Å². The summed E-state index contributed by atoms with van der Waals surface area (Å²) in [5.74, 6) is 8.37. The number of aromatic hydroxyl groups is 1. The number of benzene rings is 3. The Morgan fingerprint density at radius 3 is 2.34 bits per heavy atom. The number of phenols is 1. The molecule has 1 N–H and O–H groups in total. The van der Waals surface area contributed by atoms with E-state index in [1.54, 1.807) is 17.0 Å². The Kier molecular flexibility index (Phi) is 6.14. The van der Waals surface area contributed by atoms with E-state index < -0.39 is 0 Å². The first-order valence-electron chi connectivity index (χ1n) is 12.8. The zero-order valence-corrected chi connectivity index (χ0v) is 21.1. The molecule has 3 aromatic carbocycles. The van der Waals surface area contributed by atoms with Crippen molar-refractivity contribution >= 4 is 17.7 Å². The minimum absolute atomic E-state index is 0.0103. The number of imidazole rings is 1. The second-order valence-corrected chi connectivity index (χ2v) is 9.41. The molecule has 2 aliphatic heterocycles. The smallest absolute Gasteiger partial charge is 0.283 e. The van der Waals surface area contributed by atoms with Crippen molar-refractivity contribution in [3.05, 3.63) is 113 Å². The topological polar surface area (TPSA) is 74.0 Å². The summed E-state index contributed by atoms with van der Waals surface area (Å²) in [6.45, 7) is 3.56. The molecule has 1 aromatic heterocycles. The first-order chi connectivity index (χ1) is 18.6. The van der Waals surface area contributed by atoms with Gasteiger partial charge in [0, 0.05) is 12.1 Å². The van der Waals surface area contributed by atoms with Gasteiger partial charge in [-0.05, 0) is 54.7 Å². The molecule has 0 radical (unpaired) electrons. The number of rotatable bonds is 5. The molecule has 2 aliphatic rings. The fourth-order valence-corrected chi connectivity index (χ4v) is 5.00. The summed E-state index contributed by atoms with van der Waals surface area (Å²) in [5, 5.41) is 9.79. The fourth-order valence-electron chi connectivity index (χ4n) is 5.00. The van der Waals surface area contributed by atoms with Crippen LogP contribution in [0.3, 0.4) is 0 Å². The number of hydrogen-bond donors (Lipinski definition) is 1. The maximum absolute atomic E-state index is 13.7. The van der Waals surface area contributed by atoms with Crippen molar-refractivity contribution < 1.29 is 9.90 Å². The zero-order chi connectivity index (χ0) is 26.1. The van der Waals surface area contributed by atoms with Crippen LogP contribution >= 0.6 is 0 Å². The van der Waals surface area contributed by atoms with Gasteiger partial charge in [0.15, 0.2) is 11.5 Å². The number of aromatic nitrogens is 2. The molecule has 0 saturated carbocycles. The SMILES string of the molecule is CCN1C(=O)c2nc(C#Cc3ccccc3)n(Cc3ccc(O)cc3)c2N2C[C@@H](Cc3ccccc3)N=C12. The van der Waals surface area contributed by atoms with E-state index in [1.807, 2.05) is 72.2 Å². The average Bonchev–Trinajstić information content (AvgIpc) is 3.51. The maximum Gasteiger partial charge on any atom is 0.283 e. The van der Waals surface area contributed by atoms with Gasteiger partial charge in [0.2, 0.25) is 5.96 Å². The Morgan fingerprint density at radius 2 is 1.63 bits per heavy atom. The minimum atomic E-state index is -0.162. The van der Waals surface area contributed by atoms with E-state index in [2.05, 4.69) is 28.9 Å². The Bertz CT molecular complexity index is 1560. The standard InChI is InChI=1S/C31H27N5O2/c1-2-34-30(38)28-29(36-21-25(32-31(34)36)19-23-11-7-4-8-12-23)35(20-24-13-16-26(37)17-14-24)27(33-28)18-15-22-9-5-3-6-10-22/h3-14,16-17,25,37H,2,19-21H2,1H3/t25-/m1/s1. The lowest BCUT2D eigenvalue weighted by Gasteiger charge is -2.33. The molecule has 1 amide bonds. The van der Waals surface area contributed by atoms with Crippen LogP contribution < -0.4 is 4.90 Å². The zero-order valence-electron chi connectivity index (χ0n) is 21.1. The number of guanidine groups is 1. The highest BCUT2D eigenvalue weighted by Crippen LogP contribution is 2.34. The van der Waals surface area contributed by atoms with Crippen LogP contribution in [0.5, 0.6) is 5.75 Å². The normalized spacial score (nSPS) is 16.0. The van der Waals surface area contributed by atoms with Crippen molar-refractivity contribution in [2.75, 3.05) is 18.0 Å². The van der Waals surface area contributed by atoms with E-state index in [-0.39, 0.29) is 17.7 Å². The predicted molar refractivity (Wildman–Crippen MR) is 147 cm³/mol. The summed E-state index contributed by atoms with van der Waals surface area (Å²) in [6.07, 6.45) is 0.786. The molecular formula is C31H27N5O2. The van der Waals surface area contributed by atoms with Gasteiger partial charge in [0.05, 0.1) is 19.1 Å². The molecule has 3 heterocycles. The van der Waals surface area contributed by atoms with Crippen LogP contribution in [0.4, 0.5) is 5.82 Å². The van der Waals surface area contributed by atoms with Gasteiger partial charge in [-0.1, -0.05) is 66.6 Å². The molecule has 0 unspecified atom stereocenters. The average molecular weight is 502 g/mol. The maximum atomic E-state index is 13.7. The molecule has 7 nitrogen and oxygen atoms in total. The molecule has 0 aliphatic carbocycles. The van der Waals surface area contributed by atoms with Gasteiger partial charge >= 0.3 is 0 Å². The van der Waals surface area contributed by atoms with Crippen LogP contribution in [-0.4, -0.2) is 50.6 Å². The highest BCUT2D eigenvalue weighted by molar-refractivity contribution is 6.18. The molecule has 0 saturated heterocycles. The summed E-state index contributed by atoms with van der Waals surface area (Å²) in [6, 6.07) is 27.1. The number of amides is 1. The first-order valence-corrected chi connectivity index (χ1v) is 12.8. The molecule has 1 atom stereocenters. The minimum Gasteiger partial charge on any atom is -0.508 e. The molecule has 0 spiro atoms. The summed E-state index contributed by atoms with van der Waals surface area (Å²) in [4.78, 5) is 27.3. The van der Waals surface area contributed by atoms with Crippen LogP contribution in [0.2, 0.25) is 0 Å². The monoisotopic (exact) mass is 501 g/mol. The molecule has 0 bridgehead atoms. The molecule has 188 valence electrons. The molecule has 7 heteroatoms. The third-order valence-corrected chi connectivity index (χ3v) is 6.82. The Morgan fingerprint density at radius 1 is 0.921 bits per heavy atom. The number of nitrogens with zero attached hydrogens (tertiary/aromatic N) is 5. The van der Waals surface area contributed by atoms with Crippen LogP contribution in [-0.2, 0) is 13.0 Å². The van der Waals surface area contributed by atoms with Gasteiger partial charge in [0.25, 0.3) is 5.91 Å². The molecule has 38 heavy (non-hydrogen) atoms. The van der Waals surface area contributed by atoms with E-state index in [0.29, 0.717) is 37.1 Å². The highest BCUT2D eigenvalue weighted by atomic mass is 16.3. The quantitative estimate of drug-likeness (QED) is 0.414. The number of hydrogen-bond acceptors (Lipinski definition) is 5. The van der Waals surface area contributed by atoms with Gasteiger partial charge in [-0.2, -0.15) is 0 Å². The molecule has 0 fully saturated rings. The Hall–Kier alpha value is -4.83. The van der Waals surface area contributed by atoms with E-state index in [9.17, 15) is 9.90 Å². The second kappa shape index (κ2) is 9.91. The molecule has 6 rings (SSSR count). The van der Waals surface area contributed by atoms with Crippen LogP contribution in [0.1, 0.15) is 39.9 Å². The summed E-state index contributed by atoms with van der Waals surface area (Å²) < 4.78 is 2.00. The summed E-state index contributed by atoms with van der Waals surface area (Å²) in [5.41, 5.74) is 3.44. The highest BCUT2D eigenvalue weighted by Gasteiger charge is 2.43. The fraction of sp³-hybridized carbons (Fsp3) is 0.194. The van der Waals surface area contributed by atoms with Gasteiger partial charge in [-0.15, -0.1) is 0 Å². The van der Waals surface area contributed by atoms with Crippen LogP contribution in [0, 0.1) is 11.8 Å². The third kappa shape index (κ3) is 4.41. The summed E-state index contributed by atoms with van der Waals surface area (Å²) >= 11 is 0. The molecular weight excluding hydrogens is 474 g/mol. The van der Waals surface area contributed by atoms with E-state index in [1.165, 1.54) is 5.56 Å². The predicted octanol–water partition coefficient (Wildman–Crippen LogP) is 4.30. The first kappa shape index (κ1) is 23.6. The van der Waals surface area contributed by atoms with Crippen LogP contribution in [0.25, 0.3) is 0 Å². The van der Waals surface area contributed by atoms with Gasteiger partial charge in [0.1, 0.15) is 11.6 Å². The van der Waals surface area contributed by atoms with Crippen molar-refractivity contribution in [3.63, 3.8) is 0 Å². The lowest BCUT2D eigenvalue weighted by atomic mass is 10.1. The number of phenolic OH excluding ortho intramolecular Hbond substituents is 1. The number of carbonyl (C=O) groups is 1. The van der Waals surface area contributed by atoms with Gasteiger partial charge in [-0.25, -0.2) is 9.98 Å². The third-order valence-electron chi connectivity index (χ3n) is 6.82. The lowest BCUT2D eigenvalue weighted by molar-refractivity contribution is 0.0841. The summed E-state index contributed by atoms with van der Waals surface area (Å²) in [7, 11) is 0. The Labute approximate surface area is 221 Å². The van der Waals surface area contributed by atoms with Gasteiger partial charge < -0.3 is 5.11 Å². The lowest BCUT2D eigenvalue weighted by Crippen LogP contribution is -2.50. The van der Waals surface area contributed by atoms with Crippen molar-refractivity contribution in [2.24, 2.45) is 4.99 Å². The van der Waals surface area contributed by atoms with Gasteiger partial charge in [-0.3, -0.25) is 19.2 Å². The van der Waals surface area contributed by atoms with Crippen molar-refractivity contribution in [3.8, 4) is 17.6 Å². The van der Waals surface area contributed by atoms with Crippen molar-refractivity contribution in [1.82, 2.24) is 14.5 Å². The van der Waals surface area contributed by atoms with Crippen LogP contribution in [0.15, 0.2) is 89.9 Å². The second-order valence-electron chi connectivity index (χ2n) is 9.41. The van der Waals surface area contributed by atoms with E-state index >= 15 is 0 Å². The number of anilines is 1.